The maximum atomic E-state index is 13.1. The van der Waals surface area contributed by atoms with Gasteiger partial charge < -0.3 is 14.8 Å². The summed E-state index contributed by atoms with van der Waals surface area (Å²) in [5.41, 5.74) is -0.902. The van der Waals surface area contributed by atoms with Gasteiger partial charge in [-0.2, -0.15) is 0 Å². The van der Waals surface area contributed by atoms with E-state index in [0.717, 1.165) is 4.57 Å². The number of H-pyrrole nitrogens is 1. The van der Waals surface area contributed by atoms with Crippen molar-refractivity contribution in [2.75, 3.05) is 31.1 Å². The zero-order valence-corrected chi connectivity index (χ0v) is 17.5. The monoisotopic (exact) mass is 444 g/mol. The molecule has 1 saturated heterocycles. The Morgan fingerprint density at radius 1 is 0.909 bits per heavy atom. The van der Waals surface area contributed by atoms with Crippen molar-refractivity contribution in [2.45, 2.75) is 0 Å². The second-order valence-corrected chi connectivity index (χ2v) is 7.48. The second-order valence-electron chi connectivity index (χ2n) is 7.48. The molecule has 0 radical (unpaired) electrons. The van der Waals surface area contributed by atoms with Crippen LogP contribution in [0.25, 0.3) is 11.5 Å². The predicted octanol–water partition coefficient (Wildman–Crippen LogP) is 0.464. The molecule has 1 N–H and O–H groups in total. The van der Waals surface area contributed by atoms with Gasteiger partial charge in [0.25, 0.3) is 11.5 Å². The molecule has 1 aliphatic heterocycles. The van der Waals surface area contributed by atoms with Crippen molar-refractivity contribution in [2.24, 2.45) is 0 Å². The highest BCUT2D eigenvalue weighted by atomic mass is 16.2. The summed E-state index contributed by atoms with van der Waals surface area (Å²) in [4.78, 5) is 48.4. The highest BCUT2D eigenvalue weighted by molar-refractivity contribution is 5.93. The Kier molecular flexibility index (Phi) is 5.27. The van der Waals surface area contributed by atoms with Gasteiger partial charge in [0.1, 0.15) is 11.9 Å². The Balaban J connectivity index is 1.30. The number of imidazole rings is 1. The molecule has 11 heteroatoms. The summed E-state index contributed by atoms with van der Waals surface area (Å²) in [5.74, 6) is 0.960. The fourth-order valence-corrected chi connectivity index (χ4v) is 3.77. The van der Waals surface area contributed by atoms with E-state index in [2.05, 4.69) is 20.2 Å². The number of aromatic amines is 1. The van der Waals surface area contributed by atoms with E-state index < -0.39 is 17.2 Å². The molecule has 0 unspecified atom stereocenters. The minimum absolute atomic E-state index is 0.0728. The predicted molar refractivity (Wildman–Crippen MR) is 120 cm³/mol. The van der Waals surface area contributed by atoms with Crippen LogP contribution in [0.4, 0.5) is 5.82 Å². The fraction of sp³-hybridized carbons (Fsp3) is 0.182. The molecule has 1 fully saturated rings. The zero-order chi connectivity index (χ0) is 22.8. The van der Waals surface area contributed by atoms with E-state index in [1.54, 1.807) is 58.5 Å². The Bertz CT molecular complexity index is 1370. The van der Waals surface area contributed by atoms with Crippen molar-refractivity contribution in [3.8, 4) is 11.5 Å². The van der Waals surface area contributed by atoms with Crippen molar-refractivity contribution in [1.82, 2.24) is 34.2 Å². The summed E-state index contributed by atoms with van der Waals surface area (Å²) < 4.78 is 2.74. The maximum Gasteiger partial charge on any atom is 0.333 e. The Hall–Kier alpha value is -4.54. The number of aromatic nitrogens is 6. The average Bonchev–Trinajstić information content (AvgIpc) is 3.40. The number of anilines is 1. The summed E-state index contributed by atoms with van der Waals surface area (Å²) in [7, 11) is 0. The van der Waals surface area contributed by atoms with Crippen LogP contribution in [-0.4, -0.2) is 66.3 Å². The number of carbonyl (C=O) groups is 1. The first-order valence-corrected chi connectivity index (χ1v) is 10.4. The molecule has 0 saturated carbocycles. The molecule has 1 aliphatic rings. The van der Waals surface area contributed by atoms with Crippen LogP contribution in [0, 0.1) is 0 Å². The van der Waals surface area contributed by atoms with E-state index in [1.807, 2.05) is 17.0 Å². The summed E-state index contributed by atoms with van der Waals surface area (Å²) in [5, 5.41) is 8.52. The SMILES string of the molecule is O=C(c1c[nH]c(=O)n(-c2ccccc2)c1=O)N1CCN(c2ccc(-n3ccnc3)nn2)CC1. The Morgan fingerprint density at radius 3 is 2.30 bits per heavy atom. The largest absolute Gasteiger partial charge is 0.352 e. The van der Waals surface area contributed by atoms with Gasteiger partial charge in [-0.05, 0) is 24.3 Å². The minimum atomic E-state index is -0.640. The van der Waals surface area contributed by atoms with Crippen LogP contribution in [0.1, 0.15) is 10.4 Å². The maximum absolute atomic E-state index is 13.1. The average molecular weight is 444 g/mol. The van der Waals surface area contributed by atoms with E-state index in [1.165, 1.54) is 6.20 Å². The van der Waals surface area contributed by atoms with Crippen LogP contribution >= 0.6 is 0 Å². The summed E-state index contributed by atoms with van der Waals surface area (Å²) in [6.45, 7) is 1.91. The number of hydrogen-bond donors (Lipinski definition) is 1. The van der Waals surface area contributed by atoms with Crippen molar-refractivity contribution in [3.05, 3.63) is 93.8 Å². The van der Waals surface area contributed by atoms with Gasteiger partial charge in [-0.15, -0.1) is 10.2 Å². The standard InChI is InChI=1S/C22H20N8O3/c31-20(17-14-24-22(33)30(21(17)32)16-4-2-1-3-5-16)28-12-10-27(11-13-28)18-6-7-19(26-25-18)29-9-8-23-15-29/h1-9,14-15H,10-13H2,(H,24,33). The molecule has 3 aromatic heterocycles. The summed E-state index contributed by atoms with van der Waals surface area (Å²) >= 11 is 0. The first-order valence-electron chi connectivity index (χ1n) is 10.4. The van der Waals surface area contributed by atoms with Crippen LogP contribution < -0.4 is 16.1 Å². The van der Waals surface area contributed by atoms with Crippen molar-refractivity contribution >= 4 is 11.7 Å². The van der Waals surface area contributed by atoms with Gasteiger partial charge in [0.2, 0.25) is 0 Å². The van der Waals surface area contributed by atoms with Crippen molar-refractivity contribution in [1.29, 1.82) is 0 Å². The van der Waals surface area contributed by atoms with E-state index in [4.69, 9.17) is 0 Å². The molecule has 4 heterocycles. The normalized spacial score (nSPS) is 13.8. The topological polar surface area (TPSA) is 122 Å². The minimum Gasteiger partial charge on any atom is -0.352 e. The molecule has 11 nitrogen and oxygen atoms in total. The highest BCUT2D eigenvalue weighted by Crippen LogP contribution is 2.15. The van der Waals surface area contributed by atoms with Gasteiger partial charge in [-0.3, -0.25) is 14.2 Å². The number of rotatable bonds is 4. The Labute approximate surface area is 187 Å². The number of amides is 1. The van der Waals surface area contributed by atoms with Gasteiger partial charge >= 0.3 is 5.69 Å². The third-order valence-electron chi connectivity index (χ3n) is 5.52. The lowest BCUT2D eigenvalue weighted by Crippen LogP contribution is -2.50. The molecule has 0 spiro atoms. The number of para-hydroxylation sites is 1. The van der Waals surface area contributed by atoms with Gasteiger partial charge in [0.15, 0.2) is 11.6 Å². The lowest BCUT2D eigenvalue weighted by molar-refractivity contribution is 0.0743. The quantitative estimate of drug-likeness (QED) is 0.485. The van der Waals surface area contributed by atoms with Crippen LogP contribution in [0.5, 0.6) is 0 Å². The molecule has 1 amide bonds. The number of benzene rings is 1. The first kappa shape index (κ1) is 20.4. The van der Waals surface area contributed by atoms with E-state index >= 15 is 0 Å². The molecule has 0 aliphatic carbocycles. The van der Waals surface area contributed by atoms with E-state index in [9.17, 15) is 14.4 Å². The number of piperazine rings is 1. The summed E-state index contributed by atoms with van der Waals surface area (Å²) in [6.07, 6.45) is 6.30. The molecule has 0 bridgehead atoms. The van der Waals surface area contributed by atoms with E-state index in [0.29, 0.717) is 43.5 Å². The third-order valence-corrected chi connectivity index (χ3v) is 5.52. The van der Waals surface area contributed by atoms with Crippen molar-refractivity contribution < 1.29 is 4.79 Å². The van der Waals surface area contributed by atoms with Gasteiger partial charge in [0.05, 0.1) is 5.69 Å². The lowest BCUT2D eigenvalue weighted by Gasteiger charge is -2.35. The van der Waals surface area contributed by atoms with Gasteiger partial charge in [0, 0.05) is 44.8 Å². The van der Waals surface area contributed by atoms with Crippen LogP contribution in [0.2, 0.25) is 0 Å². The number of hydrogen-bond acceptors (Lipinski definition) is 7. The Morgan fingerprint density at radius 2 is 1.64 bits per heavy atom. The molecule has 0 atom stereocenters. The molecule has 33 heavy (non-hydrogen) atoms. The van der Waals surface area contributed by atoms with Gasteiger partial charge in [-0.1, -0.05) is 18.2 Å². The zero-order valence-electron chi connectivity index (χ0n) is 17.5. The molecule has 4 aromatic rings. The van der Waals surface area contributed by atoms with Gasteiger partial charge in [-0.25, -0.2) is 14.3 Å². The molecule has 5 rings (SSSR count). The molecule has 1 aromatic carbocycles. The fourth-order valence-electron chi connectivity index (χ4n) is 3.77. The third kappa shape index (κ3) is 3.91. The van der Waals surface area contributed by atoms with E-state index in [-0.39, 0.29) is 5.56 Å². The second kappa shape index (κ2) is 8.54. The number of nitrogens with one attached hydrogen (secondary N) is 1. The first-order chi connectivity index (χ1) is 16.1. The molecular weight excluding hydrogens is 424 g/mol. The van der Waals surface area contributed by atoms with Crippen molar-refractivity contribution in [3.63, 3.8) is 0 Å². The van der Waals surface area contributed by atoms with Crippen LogP contribution in [-0.2, 0) is 0 Å². The summed E-state index contributed by atoms with van der Waals surface area (Å²) in [6, 6.07) is 12.2. The van der Waals surface area contributed by atoms with Crippen LogP contribution in [0.3, 0.4) is 0 Å². The van der Waals surface area contributed by atoms with Crippen LogP contribution in [0.15, 0.2) is 77.0 Å². The molecule has 166 valence electrons. The smallest absolute Gasteiger partial charge is 0.333 e. The highest BCUT2D eigenvalue weighted by Gasteiger charge is 2.26. The number of nitrogens with zero attached hydrogens (tertiary/aromatic N) is 7. The lowest BCUT2D eigenvalue weighted by atomic mass is 10.2. The number of carbonyl (C=O) groups excluding carboxylic acids is 1. The molecular formula is C22H20N8O3.